The number of hydrogen-bond donors (Lipinski definition) is 1. The third kappa shape index (κ3) is 1.72. The van der Waals surface area contributed by atoms with Gasteiger partial charge >= 0.3 is 0 Å². The molecule has 0 radical (unpaired) electrons. The van der Waals surface area contributed by atoms with Crippen molar-refractivity contribution in [1.29, 1.82) is 0 Å². The van der Waals surface area contributed by atoms with E-state index in [9.17, 15) is 9.90 Å². The summed E-state index contributed by atoms with van der Waals surface area (Å²) < 4.78 is 0. The molecule has 0 spiro atoms. The molecule has 0 saturated heterocycles. The fourth-order valence-corrected chi connectivity index (χ4v) is 2.06. The van der Waals surface area contributed by atoms with Gasteiger partial charge in [0, 0.05) is 12.8 Å². The maximum Gasteiger partial charge on any atom is 0.235 e. The molecule has 0 aromatic heterocycles. The van der Waals surface area contributed by atoms with Crippen molar-refractivity contribution in [2.24, 2.45) is 4.99 Å². The van der Waals surface area contributed by atoms with Crippen LogP contribution in [0.25, 0.3) is 0 Å². The summed E-state index contributed by atoms with van der Waals surface area (Å²) in [5.41, 5.74) is 1.64. The smallest absolute Gasteiger partial charge is 0.235 e. The third-order valence-corrected chi connectivity index (χ3v) is 3.00. The number of aliphatic hydroxyl groups is 1. The summed E-state index contributed by atoms with van der Waals surface area (Å²) in [6.07, 6.45) is 2.30. The van der Waals surface area contributed by atoms with Crippen LogP contribution in [0.2, 0.25) is 0 Å². The zero-order valence-electron chi connectivity index (χ0n) is 8.60. The molecule has 1 aromatic rings. The molecule has 1 N–H and O–H groups in total. The summed E-state index contributed by atoms with van der Waals surface area (Å²) in [6, 6.07) is 7.90. The minimum absolute atomic E-state index is 0.344. The second-order valence-corrected chi connectivity index (χ2v) is 4.16. The van der Waals surface area contributed by atoms with Gasteiger partial charge in [-0.3, -0.25) is 0 Å². The van der Waals surface area contributed by atoms with Crippen LogP contribution in [0, 0.1) is 6.92 Å². The fourth-order valence-electron chi connectivity index (χ4n) is 2.06. The highest BCUT2D eigenvalue weighted by Crippen LogP contribution is 2.44. The molecule has 0 aliphatic heterocycles. The van der Waals surface area contributed by atoms with Gasteiger partial charge in [-0.1, -0.05) is 29.8 Å². The first-order chi connectivity index (χ1) is 7.16. The van der Waals surface area contributed by atoms with Crippen LogP contribution in [0.15, 0.2) is 29.3 Å². The Morgan fingerprint density at radius 2 is 2.00 bits per heavy atom. The quantitative estimate of drug-likeness (QED) is 0.587. The molecule has 2 rings (SSSR count). The van der Waals surface area contributed by atoms with E-state index in [0.717, 1.165) is 5.56 Å². The van der Waals surface area contributed by atoms with E-state index in [2.05, 4.69) is 4.99 Å². The molecule has 3 nitrogen and oxygen atoms in total. The second kappa shape index (κ2) is 3.61. The molecule has 0 amide bonds. The van der Waals surface area contributed by atoms with Gasteiger partial charge in [0.05, 0.1) is 6.10 Å². The van der Waals surface area contributed by atoms with Crippen LogP contribution in [0.5, 0.6) is 0 Å². The normalized spacial score (nSPS) is 29.1. The van der Waals surface area contributed by atoms with Crippen molar-refractivity contribution in [2.45, 2.75) is 31.4 Å². The third-order valence-electron chi connectivity index (χ3n) is 3.00. The highest BCUT2D eigenvalue weighted by Gasteiger charge is 2.45. The second-order valence-electron chi connectivity index (χ2n) is 4.16. The van der Waals surface area contributed by atoms with Gasteiger partial charge in [0.1, 0.15) is 5.54 Å². The Balaban J connectivity index is 2.34. The summed E-state index contributed by atoms with van der Waals surface area (Å²) >= 11 is 0. The largest absolute Gasteiger partial charge is 0.393 e. The lowest BCUT2D eigenvalue weighted by atomic mass is 9.70. The lowest BCUT2D eigenvalue weighted by molar-refractivity contribution is 0.0223. The maximum absolute atomic E-state index is 10.4. The molecular formula is C12H13NO2. The van der Waals surface area contributed by atoms with Crippen LogP contribution < -0.4 is 0 Å². The zero-order chi connectivity index (χ0) is 10.9. The van der Waals surface area contributed by atoms with E-state index in [1.807, 2.05) is 31.2 Å². The van der Waals surface area contributed by atoms with Gasteiger partial charge in [-0.25, -0.2) is 4.79 Å². The van der Waals surface area contributed by atoms with Gasteiger partial charge in [0.25, 0.3) is 0 Å². The number of aliphatic hydroxyl groups excluding tert-OH is 1. The van der Waals surface area contributed by atoms with Crippen molar-refractivity contribution in [2.75, 3.05) is 0 Å². The number of aliphatic imine (C=N–C) groups is 1. The SMILES string of the molecule is Cc1ccc(C2(N=C=O)CC(O)C2)cc1. The number of aryl methyl sites for hydroxylation is 1. The first-order valence-corrected chi connectivity index (χ1v) is 5.00. The van der Waals surface area contributed by atoms with E-state index < -0.39 is 5.54 Å². The Labute approximate surface area is 88.5 Å². The predicted molar refractivity (Wildman–Crippen MR) is 56.2 cm³/mol. The monoisotopic (exact) mass is 203 g/mol. The van der Waals surface area contributed by atoms with Crippen LogP contribution in [0.1, 0.15) is 24.0 Å². The summed E-state index contributed by atoms with van der Waals surface area (Å²) in [6.45, 7) is 2.01. The van der Waals surface area contributed by atoms with Gasteiger partial charge in [0.2, 0.25) is 6.08 Å². The Bertz CT molecular complexity index is 398. The topological polar surface area (TPSA) is 49.7 Å². The van der Waals surface area contributed by atoms with E-state index >= 15 is 0 Å². The molecule has 0 bridgehead atoms. The van der Waals surface area contributed by atoms with Gasteiger partial charge in [-0.2, -0.15) is 4.99 Å². The predicted octanol–water partition coefficient (Wildman–Crippen LogP) is 1.68. The zero-order valence-corrected chi connectivity index (χ0v) is 8.60. The van der Waals surface area contributed by atoms with Crippen LogP contribution in [0.4, 0.5) is 0 Å². The van der Waals surface area contributed by atoms with Crippen molar-refractivity contribution < 1.29 is 9.90 Å². The van der Waals surface area contributed by atoms with Crippen LogP contribution in [-0.2, 0) is 10.3 Å². The minimum atomic E-state index is -0.519. The first-order valence-electron chi connectivity index (χ1n) is 5.00. The molecular weight excluding hydrogens is 190 g/mol. The maximum atomic E-state index is 10.4. The number of rotatable bonds is 2. The number of nitrogens with zero attached hydrogens (tertiary/aromatic N) is 1. The standard InChI is InChI=1S/C12H13NO2/c1-9-2-4-10(5-3-9)12(13-8-14)6-11(15)7-12/h2-5,11,15H,6-7H2,1H3. The molecule has 3 heteroatoms. The Hall–Kier alpha value is -1.44. The van der Waals surface area contributed by atoms with E-state index in [0.29, 0.717) is 12.8 Å². The molecule has 15 heavy (non-hydrogen) atoms. The van der Waals surface area contributed by atoms with Crippen molar-refractivity contribution in [3.63, 3.8) is 0 Å². The van der Waals surface area contributed by atoms with Gasteiger partial charge in [0.15, 0.2) is 0 Å². The lowest BCUT2D eigenvalue weighted by Gasteiger charge is -2.41. The molecule has 1 saturated carbocycles. The van der Waals surface area contributed by atoms with Gasteiger partial charge in [-0.15, -0.1) is 0 Å². The number of benzene rings is 1. The Morgan fingerprint density at radius 1 is 1.40 bits per heavy atom. The average molecular weight is 203 g/mol. The highest BCUT2D eigenvalue weighted by atomic mass is 16.3. The first kappa shape index (κ1) is 10.1. The summed E-state index contributed by atoms with van der Waals surface area (Å²) in [5.74, 6) is 0. The molecule has 1 aliphatic rings. The molecule has 1 aliphatic carbocycles. The van der Waals surface area contributed by atoms with Crippen LogP contribution in [0.3, 0.4) is 0 Å². The minimum Gasteiger partial charge on any atom is -0.393 e. The van der Waals surface area contributed by atoms with E-state index in [4.69, 9.17) is 0 Å². The number of carbonyl (C=O) groups excluding carboxylic acids is 1. The molecule has 0 atom stereocenters. The van der Waals surface area contributed by atoms with Crippen LogP contribution in [-0.4, -0.2) is 17.3 Å². The Kier molecular flexibility index (Phi) is 2.43. The molecule has 0 unspecified atom stereocenters. The highest BCUT2D eigenvalue weighted by molar-refractivity contribution is 5.40. The molecule has 1 aromatic carbocycles. The van der Waals surface area contributed by atoms with Crippen LogP contribution >= 0.6 is 0 Å². The molecule has 0 heterocycles. The number of isocyanates is 1. The lowest BCUT2D eigenvalue weighted by Crippen LogP contribution is -2.43. The van der Waals surface area contributed by atoms with Gasteiger partial charge < -0.3 is 5.11 Å². The fraction of sp³-hybridized carbons (Fsp3) is 0.417. The summed E-state index contributed by atoms with van der Waals surface area (Å²) in [5, 5.41) is 9.34. The van der Waals surface area contributed by atoms with E-state index in [1.54, 1.807) is 6.08 Å². The Morgan fingerprint density at radius 3 is 2.47 bits per heavy atom. The number of hydrogen-bond acceptors (Lipinski definition) is 3. The van der Waals surface area contributed by atoms with E-state index in [1.165, 1.54) is 5.56 Å². The summed E-state index contributed by atoms with van der Waals surface area (Å²) in [4.78, 5) is 14.2. The summed E-state index contributed by atoms with van der Waals surface area (Å²) in [7, 11) is 0. The molecule has 1 fully saturated rings. The van der Waals surface area contributed by atoms with Crippen molar-refractivity contribution >= 4 is 6.08 Å². The van der Waals surface area contributed by atoms with Gasteiger partial charge in [-0.05, 0) is 12.5 Å². The molecule has 78 valence electrons. The average Bonchev–Trinajstić information content (AvgIpc) is 2.16. The van der Waals surface area contributed by atoms with Crippen molar-refractivity contribution in [1.82, 2.24) is 0 Å². The van der Waals surface area contributed by atoms with Crippen molar-refractivity contribution in [3.8, 4) is 0 Å². The van der Waals surface area contributed by atoms with E-state index in [-0.39, 0.29) is 6.10 Å². The van der Waals surface area contributed by atoms with Crippen molar-refractivity contribution in [3.05, 3.63) is 35.4 Å².